The lowest BCUT2D eigenvalue weighted by atomic mass is 10.1. The zero-order chi connectivity index (χ0) is 23.0. The van der Waals surface area contributed by atoms with Crippen molar-refractivity contribution in [2.75, 3.05) is 31.0 Å². The Morgan fingerprint density at radius 3 is 2.53 bits per heavy atom. The van der Waals surface area contributed by atoms with Crippen molar-refractivity contribution in [3.05, 3.63) is 47.0 Å². The van der Waals surface area contributed by atoms with E-state index in [4.69, 9.17) is 21.1 Å². The molecule has 1 saturated heterocycles. The van der Waals surface area contributed by atoms with E-state index in [9.17, 15) is 14.4 Å². The summed E-state index contributed by atoms with van der Waals surface area (Å²) in [6, 6.07) is 7.90. The first-order chi connectivity index (χ1) is 15.3. The summed E-state index contributed by atoms with van der Waals surface area (Å²) in [6.45, 7) is 1.61. The van der Waals surface area contributed by atoms with Gasteiger partial charge in [-0.05, 0) is 36.8 Å². The van der Waals surface area contributed by atoms with Crippen molar-refractivity contribution in [1.29, 1.82) is 0 Å². The van der Waals surface area contributed by atoms with E-state index in [0.29, 0.717) is 27.9 Å². The predicted molar refractivity (Wildman–Crippen MR) is 116 cm³/mol. The summed E-state index contributed by atoms with van der Waals surface area (Å²) in [5, 5.41) is 12.1. The van der Waals surface area contributed by atoms with Crippen LogP contribution in [0.1, 0.15) is 5.56 Å². The number of anilines is 2. The second kappa shape index (κ2) is 8.46. The van der Waals surface area contributed by atoms with Crippen LogP contribution < -0.4 is 19.7 Å². The van der Waals surface area contributed by atoms with Crippen molar-refractivity contribution in [2.45, 2.75) is 19.0 Å². The van der Waals surface area contributed by atoms with E-state index in [0.717, 1.165) is 10.5 Å². The number of halogens is 1. The van der Waals surface area contributed by atoms with E-state index in [-0.39, 0.29) is 6.54 Å². The van der Waals surface area contributed by atoms with Gasteiger partial charge in [-0.1, -0.05) is 22.9 Å². The van der Waals surface area contributed by atoms with Crippen LogP contribution in [0.25, 0.3) is 0 Å². The van der Waals surface area contributed by atoms with Gasteiger partial charge >= 0.3 is 0 Å². The Morgan fingerprint density at radius 2 is 1.84 bits per heavy atom. The van der Waals surface area contributed by atoms with E-state index in [1.165, 1.54) is 25.3 Å². The largest absolute Gasteiger partial charge is 0.493 e. The number of aryl methyl sites for hydroxylation is 1. The second-order valence-electron chi connectivity index (χ2n) is 7.27. The third kappa shape index (κ3) is 3.73. The Balaban J connectivity index is 1.51. The molecular formula is C21H20ClN5O5. The number of nitrogens with zero attached hydrogens (tertiary/aromatic N) is 4. The third-order valence-electron chi connectivity index (χ3n) is 5.19. The number of nitrogens with one attached hydrogen (secondary N) is 1. The summed E-state index contributed by atoms with van der Waals surface area (Å²) in [5.74, 6) is -0.669. The molecule has 2 atom stereocenters. The van der Waals surface area contributed by atoms with Gasteiger partial charge < -0.3 is 14.8 Å². The quantitative estimate of drug-likeness (QED) is 0.667. The molecule has 2 aliphatic rings. The topological polar surface area (TPSA) is 113 Å². The summed E-state index contributed by atoms with van der Waals surface area (Å²) >= 11 is 6.16. The monoisotopic (exact) mass is 457 g/mol. The van der Waals surface area contributed by atoms with E-state index in [2.05, 4.69) is 15.7 Å². The predicted octanol–water partition coefficient (Wildman–Crippen LogP) is 2.60. The number of ether oxygens (including phenoxy) is 2. The van der Waals surface area contributed by atoms with Gasteiger partial charge in [0.15, 0.2) is 23.6 Å². The molecule has 3 amide bonds. The Bertz CT molecular complexity index is 1140. The zero-order valence-corrected chi connectivity index (χ0v) is 18.3. The number of amides is 3. The first-order valence-electron chi connectivity index (χ1n) is 9.67. The van der Waals surface area contributed by atoms with Crippen molar-refractivity contribution in [3.63, 3.8) is 0 Å². The maximum absolute atomic E-state index is 13.1. The first-order valence-corrected chi connectivity index (χ1v) is 10.0. The lowest BCUT2D eigenvalue weighted by Crippen LogP contribution is -2.43. The number of benzene rings is 2. The highest BCUT2D eigenvalue weighted by Gasteiger charge is 2.55. The van der Waals surface area contributed by atoms with Gasteiger partial charge in [-0.2, -0.15) is 5.11 Å². The fourth-order valence-electron chi connectivity index (χ4n) is 3.63. The average Bonchev–Trinajstić information content (AvgIpc) is 3.29. The molecule has 4 rings (SSSR count). The minimum absolute atomic E-state index is 0.270. The number of carbonyl (C=O) groups excluding carboxylic acids is 3. The maximum Gasteiger partial charge on any atom is 0.263 e. The normalized spacial score (nSPS) is 19.4. The van der Waals surface area contributed by atoms with Crippen LogP contribution in [0.5, 0.6) is 11.5 Å². The third-order valence-corrected chi connectivity index (χ3v) is 5.50. The van der Waals surface area contributed by atoms with Gasteiger partial charge in [0.05, 0.1) is 30.6 Å². The van der Waals surface area contributed by atoms with Crippen LogP contribution in [0, 0.1) is 6.92 Å². The fraction of sp³-hybridized carbons (Fsp3) is 0.286. The number of rotatable bonds is 6. The summed E-state index contributed by atoms with van der Waals surface area (Å²) < 4.78 is 10.5. The molecule has 1 N–H and O–H groups in total. The van der Waals surface area contributed by atoms with Crippen LogP contribution in [0.2, 0.25) is 5.02 Å². The number of hydrogen-bond donors (Lipinski definition) is 1. The molecule has 0 radical (unpaired) electrons. The van der Waals surface area contributed by atoms with Gasteiger partial charge in [0.25, 0.3) is 11.8 Å². The Morgan fingerprint density at radius 1 is 1.09 bits per heavy atom. The number of hydrogen-bond acceptors (Lipinski definition) is 8. The molecule has 11 heteroatoms. The standard InChI is InChI=1S/C21H20ClN5O5/c1-11-4-6-14(13(22)8-11)23-17(28)10-26-19-18(24-25-26)20(29)27(21(19)30)12-5-7-15(31-2)16(9-12)32-3/h4-9,18-19H,10H2,1-3H3,(H,23,28)/t18-,19-/m0/s1. The van der Waals surface area contributed by atoms with E-state index < -0.39 is 29.8 Å². The molecule has 0 saturated carbocycles. The van der Waals surface area contributed by atoms with E-state index in [1.54, 1.807) is 24.3 Å². The summed E-state index contributed by atoms with van der Waals surface area (Å²) in [5.41, 5.74) is 1.71. The van der Waals surface area contributed by atoms with Crippen LogP contribution in [-0.2, 0) is 14.4 Å². The molecule has 32 heavy (non-hydrogen) atoms. The summed E-state index contributed by atoms with van der Waals surface area (Å²) in [4.78, 5) is 39.6. The number of carbonyl (C=O) groups is 3. The van der Waals surface area contributed by atoms with Crippen LogP contribution in [-0.4, -0.2) is 55.6 Å². The van der Waals surface area contributed by atoms with Crippen LogP contribution in [0.15, 0.2) is 46.7 Å². The Kier molecular flexibility index (Phi) is 5.70. The molecule has 2 aromatic carbocycles. The van der Waals surface area contributed by atoms with Gasteiger partial charge in [0.2, 0.25) is 5.91 Å². The highest BCUT2D eigenvalue weighted by atomic mass is 35.5. The Hall–Kier alpha value is -3.66. The Labute approximate surface area is 188 Å². The molecule has 0 aliphatic carbocycles. The molecule has 2 aliphatic heterocycles. The van der Waals surface area contributed by atoms with Crippen LogP contribution in [0.4, 0.5) is 11.4 Å². The molecule has 0 bridgehead atoms. The lowest BCUT2D eigenvalue weighted by molar-refractivity contribution is -0.123. The van der Waals surface area contributed by atoms with Crippen molar-refractivity contribution >= 4 is 40.7 Å². The van der Waals surface area contributed by atoms with Crippen LogP contribution >= 0.6 is 11.6 Å². The van der Waals surface area contributed by atoms with Crippen LogP contribution in [0.3, 0.4) is 0 Å². The number of imide groups is 1. The molecule has 0 unspecified atom stereocenters. The minimum atomic E-state index is -1.02. The second-order valence-corrected chi connectivity index (χ2v) is 7.68. The molecule has 10 nitrogen and oxygen atoms in total. The van der Waals surface area contributed by atoms with Crippen molar-refractivity contribution in [2.24, 2.45) is 10.3 Å². The van der Waals surface area contributed by atoms with E-state index >= 15 is 0 Å². The molecule has 1 fully saturated rings. The summed E-state index contributed by atoms with van der Waals surface area (Å²) in [7, 11) is 2.94. The first kappa shape index (κ1) is 21.6. The summed E-state index contributed by atoms with van der Waals surface area (Å²) in [6.07, 6.45) is 0. The van der Waals surface area contributed by atoms with Gasteiger partial charge in [-0.15, -0.1) is 0 Å². The highest BCUT2D eigenvalue weighted by Crippen LogP contribution is 2.36. The average molecular weight is 458 g/mol. The van der Waals surface area contributed by atoms with Gasteiger partial charge in [-0.3, -0.25) is 19.4 Å². The minimum Gasteiger partial charge on any atom is -0.493 e. The van der Waals surface area contributed by atoms with Crippen molar-refractivity contribution < 1.29 is 23.9 Å². The fourth-order valence-corrected chi connectivity index (χ4v) is 3.91. The molecule has 166 valence electrons. The number of fused-ring (bicyclic) bond motifs is 1. The highest BCUT2D eigenvalue weighted by molar-refractivity contribution is 6.33. The van der Waals surface area contributed by atoms with Crippen molar-refractivity contribution in [1.82, 2.24) is 5.01 Å². The molecule has 0 aromatic heterocycles. The van der Waals surface area contributed by atoms with E-state index in [1.807, 2.05) is 13.0 Å². The lowest BCUT2D eigenvalue weighted by Gasteiger charge is -2.21. The van der Waals surface area contributed by atoms with Gasteiger partial charge in [-0.25, -0.2) is 4.90 Å². The molecule has 2 heterocycles. The van der Waals surface area contributed by atoms with Gasteiger partial charge in [0, 0.05) is 6.07 Å². The molecule has 2 aromatic rings. The van der Waals surface area contributed by atoms with Gasteiger partial charge in [0.1, 0.15) is 6.54 Å². The molecular weight excluding hydrogens is 438 g/mol. The smallest absolute Gasteiger partial charge is 0.263 e. The zero-order valence-electron chi connectivity index (χ0n) is 17.5. The SMILES string of the molecule is COc1ccc(N2C(=O)[C@H]3N=NN(CC(=O)Nc4ccc(C)cc4Cl)[C@@H]3C2=O)cc1OC. The molecule has 0 spiro atoms. The van der Waals surface area contributed by atoms with Crippen molar-refractivity contribution in [3.8, 4) is 11.5 Å². The maximum atomic E-state index is 13.1. The number of methoxy groups -OCH3 is 2.